The van der Waals surface area contributed by atoms with Gasteiger partial charge in [0.15, 0.2) is 5.13 Å². The van der Waals surface area contributed by atoms with Crippen LogP contribution in [0.5, 0.6) is 0 Å². The van der Waals surface area contributed by atoms with Crippen molar-refractivity contribution in [2.24, 2.45) is 0 Å². The number of alkyl halides is 2. The maximum Gasteiger partial charge on any atom is 0.262 e. The van der Waals surface area contributed by atoms with Crippen LogP contribution in [-0.2, 0) is 11.2 Å². The van der Waals surface area contributed by atoms with Gasteiger partial charge < -0.3 is 5.32 Å². The molecule has 4 nitrogen and oxygen atoms in total. The second kappa shape index (κ2) is 6.52. The lowest BCUT2D eigenvalue weighted by Gasteiger charge is -2.09. The van der Waals surface area contributed by atoms with Gasteiger partial charge in [-0.15, -0.1) is 11.3 Å². The Labute approximate surface area is 141 Å². The van der Waals surface area contributed by atoms with E-state index in [-0.39, 0.29) is 5.82 Å². The summed E-state index contributed by atoms with van der Waals surface area (Å²) in [6.45, 7) is 1.20. The highest BCUT2D eigenvalue weighted by Crippen LogP contribution is 2.27. The molecule has 8 heteroatoms. The first-order chi connectivity index (χ1) is 11.3. The topological polar surface area (TPSA) is 54.0 Å². The predicted octanol–water partition coefficient (Wildman–Crippen LogP) is 3.12. The van der Waals surface area contributed by atoms with Gasteiger partial charge in [0.05, 0.1) is 12.6 Å². The maximum atomic E-state index is 13.6. The lowest BCUT2D eigenvalue weighted by Crippen LogP contribution is -2.35. The van der Waals surface area contributed by atoms with Crippen LogP contribution < -0.4 is 10.6 Å². The zero-order valence-corrected chi connectivity index (χ0v) is 13.7. The van der Waals surface area contributed by atoms with Crippen LogP contribution in [0.4, 0.5) is 18.3 Å². The molecule has 2 heterocycles. The average molecular weight is 355 g/mol. The van der Waals surface area contributed by atoms with E-state index in [1.165, 1.54) is 17.4 Å². The molecule has 0 aliphatic carbocycles. The largest absolute Gasteiger partial charge is 0.301 e. The number of hydrogen-bond donors (Lipinski definition) is 2. The minimum Gasteiger partial charge on any atom is -0.301 e. The quantitative estimate of drug-likeness (QED) is 0.886. The molecule has 1 fully saturated rings. The van der Waals surface area contributed by atoms with Gasteiger partial charge in [-0.2, -0.15) is 0 Å². The number of hydrogen-bond acceptors (Lipinski definition) is 4. The number of carbonyl (C=O) groups excluding carboxylic acids is 1. The fourth-order valence-corrected chi connectivity index (χ4v) is 3.34. The van der Waals surface area contributed by atoms with Crippen LogP contribution >= 0.6 is 11.3 Å². The SMILES string of the molecule is Cc1ccc(Cc2cnc(NC(=O)C3CC(F)(F)CN3)s2)cc1F. The Morgan fingerprint density at radius 3 is 2.96 bits per heavy atom. The third-order valence-electron chi connectivity index (χ3n) is 3.82. The van der Waals surface area contributed by atoms with Crippen molar-refractivity contribution in [3.63, 3.8) is 0 Å². The second-order valence-electron chi connectivity index (χ2n) is 5.87. The number of aromatic nitrogens is 1. The standard InChI is InChI=1S/C16H16F3N3OS/c1-9-2-3-10(5-12(9)17)4-11-7-20-15(24-11)22-14(23)13-6-16(18,19)8-21-13/h2-3,5,7,13,21H,4,6,8H2,1H3,(H,20,22,23). The number of aryl methyl sites for hydroxylation is 1. The summed E-state index contributed by atoms with van der Waals surface area (Å²) in [6.07, 6.45) is 1.57. The molecule has 0 radical (unpaired) electrons. The summed E-state index contributed by atoms with van der Waals surface area (Å²) in [7, 11) is 0. The van der Waals surface area contributed by atoms with Crippen LogP contribution in [0, 0.1) is 12.7 Å². The first-order valence-electron chi connectivity index (χ1n) is 7.44. The van der Waals surface area contributed by atoms with Crippen LogP contribution in [-0.4, -0.2) is 29.4 Å². The number of benzene rings is 1. The van der Waals surface area contributed by atoms with Crippen molar-refractivity contribution in [1.82, 2.24) is 10.3 Å². The lowest BCUT2D eigenvalue weighted by molar-refractivity contribution is -0.118. The van der Waals surface area contributed by atoms with Gasteiger partial charge in [0.2, 0.25) is 5.91 Å². The molecule has 1 aromatic carbocycles. The number of nitrogens with one attached hydrogen (secondary N) is 2. The number of amides is 1. The van der Waals surface area contributed by atoms with Crippen molar-refractivity contribution in [2.75, 3.05) is 11.9 Å². The molecule has 0 saturated carbocycles. The van der Waals surface area contributed by atoms with Crippen LogP contribution in [0.1, 0.15) is 22.4 Å². The van der Waals surface area contributed by atoms with Crippen molar-refractivity contribution in [2.45, 2.75) is 31.7 Å². The van der Waals surface area contributed by atoms with Gasteiger partial charge in [0.25, 0.3) is 5.92 Å². The fraction of sp³-hybridized carbons (Fsp3) is 0.375. The molecule has 1 aromatic heterocycles. The molecular weight excluding hydrogens is 339 g/mol. The fourth-order valence-electron chi connectivity index (χ4n) is 2.49. The van der Waals surface area contributed by atoms with Crippen LogP contribution in [0.3, 0.4) is 0 Å². The highest BCUT2D eigenvalue weighted by Gasteiger charge is 2.42. The van der Waals surface area contributed by atoms with E-state index in [4.69, 9.17) is 0 Å². The van der Waals surface area contributed by atoms with Gasteiger partial charge in [-0.1, -0.05) is 12.1 Å². The van der Waals surface area contributed by atoms with Gasteiger partial charge in [-0.05, 0) is 24.1 Å². The lowest BCUT2D eigenvalue weighted by atomic mass is 10.1. The Morgan fingerprint density at radius 2 is 2.29 bits per heavy atom. The Kier molecular flexibility index (Phi) is 4.60. The summed E-state index contributed by atoms with van der Waals surface area (Å²) in [5, 5.41) is 5.39. The van der Waals surface area contributed by atoms with E-state index in [1.807, 2.05) is 6.07 Å². The van der Waals surface area contributed by atoms with E-state index in [0.717, 1.165) is 10.4 Å². The molecule has 3 rings (SSSR count). The van der Waals surface area contributed by atoms with Crippen molar-refractivity contribution in [1.29, 1.82) is 0 Å². The number of halogens is 3. The molecule has 1 amide bonds. The van der Waals surface area contributed by atoms with E-state index >= 15 is 0 Å². The van der Waals surface area contributed by atoms with Gasteiger partial charge in [-0.25, -0.2) is 18.2 Å². The summed E-state index contributed by atoms with van der Waals surface area (Å²) in [5.41, 5.74) is 1.38. The predicted molar refractivity (Wildman–Crippen MR) is 86.0 cm³/mol. The van der Waals surface area contributed by atoms with Crippen molar-refractivity contribution in [3.05, 3.63) is 46.2 Å². The molecular formula is C16H16F3N3OS. The molecule has 0 spiro atoms. The Hall–Kier alpha value is -1.93. The van der Waals surface area contributed by atoms with Crippen LogP contribution in [0.25, 0.3) is 0 Å². The Morgan fingerprint density at radius 1 is 1.50 bits per heavy atom. The highest BCUT2D eigenvalue weighted by atomic mass is 32.1. The van der Waals surface area contributed by atoms with Crippen LogP contribution in [0.2, 0.25) is 0 Å². The molecule has 24 heavy (non-hydrogen) atoms. The summed E-state index contributed by atoms with van der Waals surface area (Å²) in [4.78, 5) is 16.9. The van der Waals surface area contributed by atoms with Crippen molar-refractivity contribution >= 4 is 22.4 Å². The smallest absolute Gasteiger partial charge is 0.262 e. The summed E-state index contributed by atoms with van der Waals surface area (Å²) in [5.74, 6) is -3.64. The molecule has 2 aromatic rings. The first kappa shape index (κ1) is 16.9. The molecule has 1 aliphatic heterocycles. The van der Waals surface area contributed by atoms with E-state index in [0.29, 0.717) is 17.1 Å². The number of anilines is 1. The van der Waals surface area contributed by atoms with Crippen LogP contribution in [0.15, 0.2) is 24.4 Å². The highest BCUT2D eigenvalue weighted by molar-refractivity contribution is 7.15. The third-order valence-corrected chi connectivity index (χ3v) is 4.74. The van der Waals surface area contributed by atoms with Crippen molar-refractivity contribution < 1.29 is 18.0 Å². The number of rotatable bonds is 4. The molecule has 1 unspecified atom stereocenters. The number of thiazole rings is 1. The molecule has 0 bridgehead atoms. The third kappa shape index (κ3) is 3.93. The zero-order chi connectivity index (χ0) is 17.3. The van der Waals surface area contributed by atoms with Gasteiger partial charge in [0.1, 0.15) is 5.82 Å². The minimum atomic E-state index is -2.86. The van der Waals surface area contributed by atoms with E-state index in [1.54, 1.807) is 19.2 Å². The van der Waals surface area contributed by atoms with Gasteiger partial charge >= 0.3 is 0 Å². The summed E-state index contributed by atoms with van der Waals surface area (Å²) < 4.78 is 39.8. The number of nitrogens with zero attached hydrogens (tertiary/aromatic N) is 1. The minimum absolute atomic E-state index is 0.265. The molecule has 128 valence electrons. The van der Waals surface area contributed by atoms with Gasteiger partial charge in [0, 0.05) is 23.9 Å². The Bertz CT molecular complexity index is 763. The summed E-state index contributed by atoms with van der Waals surface area (Å²) in [6, 6.07) is 4.09. The zero-order valence-electron chi connectivity index (χ0n) is 12.9. The Balaban J connectivity index is 1.61. The summed E-state index contributed by atoms with van der Waals surface area (Å²) >= 11 is 1.24. The maximum absolute atomic E-state index is 13.6. The molecule has 1 atom stereocenters. The monoisotopic (exact) mass is 355 g/mol. The van der Waals surface area contributed by atoms with Crippen molar-refractivity contribution in [3.8, 4) is 0 Å². The molecule has 1 aliphatic rings. The first-order valence-corrected chi connectivity index (χ1v) is 8.26. The normalized spacial score (nSPS) is 19.4. The van der Waals surface area contributed by atoms with Gasteiger partial charge in [-0.3, -0.25) is 10.1 Å². The second-order valence-corrected chi connectivity index (χ2v) is 6.99. The average Bonchev–Trinajstić information content (AvgIpc) is 3.09. The van der Waals surface area contributed by atoms with E-state index < -0.39 is 30.8 Å². The molecule has 1 saturated heterocycles. The van der Waals surface area contributed by atoms with E-state index in [9.17, 15) is 18.0 Å². The molecule has 2 N–H and O–H groups in total. The van der Waals surface area contributed by atoms with E-state index in [2.05, 4.69) is 15.6 Å². The number of carbonyl (C=O) groups is 1.